The van der Waals surface area contributed by atoms with E-state index >= 15 is 0 Å². The van der Waals surface area contributed by atoms with Crippen LogP contribution in [-0.4, -0.2) is 29.6 Å². The second kappa shape index (κ2) is 6.78. The van der Waals surface area contributed by atoms with Gasteiger partial charge in [-0.05, 0) is 23.6 Å². The van der Waals surface area contributed by atoms with Gasteiger partial charge in [-0.25, -0.2) is 4.79 Å². The van der Waals surface area contributed by atoms with Crippen molar-refractivity contribution in [2.75, 3.05) is 6.61 Å². The van der Waals surface area contributed by atoms with Crippen LogP contribution in [0.4, 0.5) is 0 Å². The maximum atomic E-state index is 10.9. The maximum absolute atomic E-state index is 10.9. The Hall–Kier alpha value is -2.04. The Morgan fingerprint density at radius 2 is 1.84 bits per heavy atom. The van der Waals surface area contributed by atoms with Crippen molar-refractivity contribution in [1.29, 1.82) is 0 Å². The van der Waals surface area contributed by atoms with Crippen molar-refractivity contribution in [2.45, 2.75) is 32.7 Å². The molecule has 0 bridgehead atoms. The number of carboxylic acids is 1. The summed E-state index contributed by atoms with van der Waals surface area (Å²) in [5.74, 6) is -0.499. The number of hydrogen-bond donors (Lipinski definition) is 2. The Morgan fingerprint density at radius 3 is 2.26 bits per heavy atom. The van der Waals surface area contributed by atoms with Crippen molar-refractivity contribution in [3.8, 4) is 5.75 Å². The fourth-order valence-corrected chi connectivity index (χ4v) is 1.55. The van der Waals surface area contributed by atoms with E-state index < -0.39 is 17.9 Å². The van der Waals surface area contributed by atoms with Crippen molar-refractivity contribution in [2.24, 2.45) is 0 Å². The average Bonchev–Trinajstić information content (AvgIpc) is 2.34. The molecule has 1 unspecified atom stereocenters. The second-order valence-corrected chi connectivity index (χ2v) is 4.63. The fraction of sp³-hybridized carbons (Fsp3) is 0.429. The molecule has 0 aliphatic rings. The predicted octanol–water partition coefficient (Wildman–Crippen LogP) is 1.78. The van der Waals surface area contributed by atoms with Gasteiger partial charge in [0.2, 0.25) is 5.91 Å². The molecule has 0 aromatic heterocycles. The average molecular weight is 265 g/mol. The number of carboxylic acid groups (broad SMARTS) is 1. The van der Waals surface area contributed by atoms with Crippen molar-refractivity contribution in [3.63, 3.8) is 0 Å². The van der Waals surface area contributed by atoms with E-state index in [1.54, 1.807) is 12.1 Å². The van der Waals surface area contributed by atoms with Crippen LogP contribution in [0.1, 0.15) is 32.3 Å². The highest BCUT2D eigenvalue weighted by Crippen LogP contribution is 2.18. The Balaban J connectivity index is 2.59. The molecule has 0 fully saturated rings. The molecule has 104 valence electrons. The van der Waals surface area contributed by atoms with Crippen LogP contribution in [0.2, 0.25) is 0 Å². The van der Waals surface area contributed by atoms with Gasteiger partial charge in [0.25, 0.3) is 0 Å². The van der Waals surface area contributed by atoms with Crippen molar-refractivity contribution < 1.29 is 19.4 Å². The second-order valence-electron chi connectivity index (χ2n) is 4.63. The third-order valence-electron chi connectivity index (χ3n) is 2.64. The minimum atomic E-state index is -1.12. The molecule has 5 nitrogen and oxygen atoms in total. The van der Waals surface area contributed by atoms with Crippen molar-refractivity contribution >= 4 is 11.9 Å². The minimum absolute atomic E-state index is 0.101. The molecular weight excluding hydrogens is 246 g/mol. The largest absolute Gasteiger partial charge is 0.491 e. The predicted molar refractivity (Wildman–Crippen MR) is 71.3 cm³/mol. The number of benzene rings is 1. The first-order valence-electron chi connectivity index (χ1n) is 6.12. The van der Waals surface area contributed by atoms with Gasteiger partial charge in [0.05, 0.1) is 0 Å². The number of amides is 1. The Bertz CT molecular complexity index is 439. The third kappa shape index (κ3) is 4.99. The van der Waals surface area contributed by atoms with Gasteiger partial charge in [-0.15, -0.1) is 0 Å². The zero-order valence-corrected chi connectivity index (χ0v) is 11.3. The summed E-state index contributed by atoms with van der Waals surface area (Å²) in [7, 11) is 0. The lowest BCUT2D eigenvalue weighted by atomic mass is 10.0. The standard InChI is InChI=1S/C14H19NO4/c1-9(2)11-4-6-12(7-5-11)19-8-13(14(17)18)15-10(3)16/h4-7,9,13H,8H2,1-3H3,(H,15,16)(H,17,18). The van der Waals surface area contributed by atoms with Crippen LogP contribution < -0.4 is 10.1 Å². The van der Waals surface area contributed by atoms with Crippen LogP contribution in [0.15, 0.2) is 24.3 Å². The third-order valence-corrected chi connectivity index (χ3v) is 2.64. The van der Waals surface area contributed by atoms with Crippen LogP contribution in [0.3, 0.4) is 0 Å². The summed E-state index contributed by atoms with van der Waals surface area (Å²) in [6, 6.07) is 6.43. The molecule has 0 aliphatic carbocycles. The molecule has 0 spiro atoms. The Labute approximate surface area is 112 Å². The van der Waals surface area contributed by atoms with Gasteiger partial charge in [0.1, 0.15) is 12.4 Å². The Morgan fingerprint density at radius 1 is 1.26 bits per heavy atom. The first kappa shape index (κ1) is 15.0. The summed E-state index contributed by atoms with van der Waals surface area (Å²) in [6.45, 7) is 5.35. The number of nitrogens with one attached hydrogen (secondary N) is 1. The van der Waals surface area contributed by atoms with E-state index in [-0.39, 0.29) is 6.61 Å². The Kier molecular flexibility index (Phi) is 5.36. The molecule has 0 aliphatic heterocycles. The number of carbonyl (C=O) groups is 2. The lowest BCUT2D eigenvalue weighted by molar-refractivity contribution is -0.142. The van der Waals surface area contributed by atoms with Gasteiger partial charge in [0, 0.05) is 6.92 Å². The smallest absolute Gasteiger partial charge is 0.329 e. The van der Waals surface area contributed by atoms with Crippen molar-refractivity contribution in [1.82, 2.24) is 5.32 Å². The molecular formula is C14H19NO4. The summed E-state index contributed by atoms with van der Waals surface area (Å²) in [4.78, 5) is 21.8. The fourth-order valence-electron chi connectivity index (χ4n) is 1.55. The number of carbonyl (C=O) groups excluding carboxylic acids is 1. The van der Waals surface area contributed by atoms with E-state index in [4.69, 9.17) is 9.84 Å². The van der Waals surface area contributed by atoms with Crippen LogP contribution in [0, 0.1) is 0 Å². The van der Waals surface area contributed by atoms with E-state index in [1.165, 1.54) is 12.5 Å². The minimum Gasteiger partial charge on any atom is -0.491 e. The van der Waals surface area contributed by atoms with E-state index in [9.17, 15) is 9.59 Å². The SMILES string of the molecule is CC(=O)NC(COc1ccc(C(C)C)cc1)C(=O)O. The first-order valence-corrected chi connectivity index (χ1v) is 6.12. The molecule has 1 rings (SSSR count). The van der Waals surface area contributed by atoms with Gasteiger partial charge >= 0.3 is 5.97 Å². The number of aliphatic carboxylic acids is 1. The molecule has 0 heterocycles. The lowest BCUT2D eigenvalue weighted by Crippen LogP contribution is -2.43. The molecule has 1 amide bonds. The summed E-state index contributed by atoms with van der Waals surface area (Å²) in [5.41, 5.74) is 1.18. The van der Waals surface area contributed by atoms with Crippen LogP contribution >= 0.6 is 0 Å². The molecule has 1 aromatic rings. The van der Waals surface area contributed by atoms with Crippen LogP contribution in [0.25, 0.3) is 0 Å². The summed E-state index contributed by atoms with van der Waals surface area (Å²) in [6.07, 6.45) is 0. The van der Waals surface area contributed by atoms with E-state index in [0.717, 1.165) is 0 Å². The van der Waals surface area contributed by atoms with Gasteiger partial charge in [0.15, 0.2) is 6.04 Å². The van der Waals surface area contributed by atoms with E-state index in [1.807, 2.05) is 12.1 Å². The maximum Gasteiger partial charge on any atom is 0.329 e. The van der Waals surface area contributed by atoms with Crippen LogP contribution in [0.5, 0.6) is 5.75 Å². The molecule has 5 heteroatoms. The molecule has 1 aromatic carbocycles. The highest BCUT2D eigenvalue weighted by molar-refractivity contribution is 5.82. The molecule has 19 heavy (non-hydrogen) atoms. The summed E-state index contributed by atoms with van der Waals surface area (Å²) < 4.78 is 5.37. The van der Waals surface area contributed by atoms with Gasteiger partial charge in [-0.1, -0.05) is 26.0 Å². The van der Waals surface area contributed by atoms with E-state index in [2.05, 4.69) is 19.2 Å². The number of hydrogen-bond acceptors (Lipinski definition) is 3. The summed E-state index contributed by atoms with van der Waals surface area (Å²) >= 11 is 0. The highest BCUT2D eigenvalue weighted by Gasteiger charge is 2.19. The number of ether oxygens (including phenoxy) is 1. The lowest BCUT2D eigenvalue weighted by Gasteiger charge is -2.14. The van der Waals surface area contributed by atoms with Gasteiger partial charge in [-0.3, -0.25) is 4.79 Å². The first-order chi connectivity index (χ1) is 8.90. The molecule has 2 N–H and O–H groups in total. The highest BCUT2D eigenvalue weighted by atomic mass is 16.5. The topological polar surface area (TPSA) is 75.6 Å². The van der Waals surface area contributed by atoms with Crippen molar-refractivity contribution in [3.05, 3.63) is 29.8 Å². The van der Waals surface area contributed by atoms with Crippen LogP contribution in [-0.2, 0) is 9.59 Å². The molecule has 0 radical (unpaired) electrons. The van der Waals surface area contributed by atoms with E-state index in [0.29, 0.717) is 11.7 Å². The molecule has 1 atom stereocenters. The molecule has 0 saturated carbocycles. The zero-order chi connectivity index (χ0) is 14.4. The monoisotopic (exact) mass is 265 g/mol. The molecule has 0 saturated heterocycles. The number of rotatable bonds is 6. The van der Waals surface area contributed by atoms with Gasteiger partial charge < -0.3 is 15.2 Å². The normalized spacial score (nSPS) is 12.0. The quantitative estimate of drug-likeness (QED) is 0.822. The summed E-state index contributed by atoms with van der Waals surface area (Å²) in [5, 5.41) is 11.2. The van der Waals surface area contributed by atoms with Gasteiger partial charge in [-0.2, -0.15) is 0 Å². The zero-order valence-electron chi connectivity index (χ0n) is 11.3.